The minimum atomic E-state index is 1.01. The SMILES string of the molecule is C(=C\c1ccnc2ccccc12)/c1ccc(N2CCN(c3ccc(/C=C/c4ccnc5ccccc45)cc3)CC2)cc1. The largest absolute Gasteiger partial charge is 0.368 e. The highest BCUT2D eigenvalue weighted by atomic mass is 15.3. The number of nitrogens with zero attached hydrogens (tertiary/aromatic N) is 4. The first-order chi connectivity index (χ1) is 20.8. The maximum atomic E-state index is 4.47. The molecule has 0 radical (unpaired) electrons. The van der Waals surface area contributed by atoms with Gasteiger partial charge < -0.3 is 9.80 Å². The maximum Gasteiger partial charge on any atom is 0.0707 e. The Kier molecular flexibility index (Phi) is 7.18. The molecule has 0 atom stereocenters. The highest BCUT2D eigenvalue weighted by Crippen LogP contribution is 2.24. The summed E-state index contributed by atoms with van der Waals surface area (Å²) in [5.74, 6) is 0. The number of para-hydroxylation sites is 2. The number of pyridine rings is 2. The van der Waals surface area contributed by atoms with Crippen molar-refractivity contribution in [3.63, 3.8) is 0 Å². The van der Waals surface area contributed by atoms with Gasteiger partial charge in [-0.15, -0.1) is 0 Å². The molecule has 0 N–H and O–H groups in total. The molecule has 0 unspecified atom stereocenters. The zero-order valence-electron chi connectivity index (χ0n) is 23.5. The first kappa shape index (κ1) is 25.7. The Hall–Kier alpha value is -5.22. The van der Waals surface area contributed by atoms with E-state index in [4.69, 9.17) is 0 Å². The molecule has 0 spiro atoms. The number of benzene rings is 4. The fourth-order valence-electron chi connectivity index (χ4n) is 5.71. The van der Waals surface area contributed by atoms with E-state index in [2.05, 4.69) is 141 Å². The molecule has 1 aliphatic rings. The van der Waals surface area contributed by atoms with Crippen LogP contribution in [-0.4, -0.2) is 36.1 Å². The van der Waals surface area contributed by atoms with Gasteiger partial charge in [0, 0.05) is 60.7 Å². The van der Waals surface area contributed by atoms with Crippen LogP contribution in [0.2, 0.25) is 0 Å². The Morgan fingerprint density at radius 3 is 1.26 bits per heavy atom. The molecule has 4 nitrogen and oxygen atoms in total. The summed E-state index contributed by atoms with van der Waals surface area (Å²) >= 11 is 0. The molecule has 1 saturated heterocycles. The van der Waals surface area contributed by atoms with Crippen molar-refractivity contribution in [3.8, 4) is 0 Å². The molecule has 4 aromatic carbocycles. The van der Waals surface area contributed by atoms with Crippen molar-refractivity contribution in [3.05, 3.63) is 144 Å². The number of hydrogen-bond donors (Lipinski definition) is 0. The predicted octanol–water partition coefficient (Wildman–Crippen LogP) is 8.45. The first-order valence-electron chi connectivity index (χ1n) is 14.5. The fraction of sp³-hybridized carbons (Fsp3) is 0.105. The van der Waals surface area contributed by atoms with Gasteiger partial charge in [0.05, 0.1) is 11.0 Å². The summed E-state index contributed by atoms with van der Waals surface area (Å²) < 4.78 is 0. The van der Waals surface area contributed by atoms with E-state index in [0.29, 0.717) is 0 Å². The Bertz CT molecular complexity index is 1730. The van der Waals surface area contributed by atoms with Crippen molar-refractivity contribution >= 4 is 57.5 Å². The quantitative estimate of drug-likeness (QED) is 0.211. The highest BCUT2D eigenvalue weighted by molar-refractivity contribution is 5.91. The standard InChI is InChI=1S/C38H32N4/c1-3-7-37-35(5-1)31(21-23-39-37)15-9-29-11-17-33(18-12-29)41-25-27-42(28-26-41)34-19-13-30(14-20-34)10-16-32-22-24-40-38-8-4-2-6-36(32)38/h1-24H,25-28H2/b15-9+,16-10+. The molecule has 42 heavy (non-hydrogen) atoms. The zero-order chi connectivity index (χ0) is 28.1. The smallest absolute Gasteiger partial charge is 0.0707 e. The van der Waals surface area contributed by atoms with Gasteiger partial charge in [-0.1, -0.05) is 85.0 Å². The molecule has 2 aromatic heterocycles. The van der Waals surface area contributed by atoms with Gasteiger partial charge in [-0.25, -0.2) is 0 Å². The fourth-order valence-corrected chi connectivity index (χ4v) is 5.71. The number of fused-ring (bicyclic) bond motifs is 2. The van der Waals surface area contributed by atoms with E-state index in [9.17, 15) is 0 Å². The summed E-state index contributed by atoms with van der Waals surface area (Å²) in [5.41, 5.74) is 9.39. The van der Waals surface area contributed by atoms with Crippen molar-refractivity contribution in [1.82, 2.24) is 9.97 Å². The normalized spacial score (nSPS) is 14.0. The van der Waals surface area contributed by atoms with Crippen LogP contribution in [-0.2, 0) is 0 Å². The van der Waals surface area contributed by atoms with E-state index in [0.717, 1.165) is 37.2 Å². The van der Waals surface area contributed by atoms with Crippen molar-refractivity contribution < 1.29 is 0 Å². The van der Waals surface area contributed by atoms with E-state index < -0.39 is 0 Å². The van der Waals surface area contributed by atoms with E-state index in [1.807, 2.05) is 24.5 Å². The average Bonchev–Trinajstić information content (AvgIpc) is 3.07. The van der Waals surface area contributed by atoms with Gasteiger partial charge in [0.25, 0.3) is 0 Å². The van der Waals surface area contributed by atoms with Crippen molar-refractivity contribution in [1.29, 1.82) is 0 Å². The van der Waals surface area contributed by atoms with E-state index in [1.165, 1.54) is 44.4 Å². The molecule has 0 aliphatic carbocycles. The third-order valence-corrected chi connectivity index (χ3v) is 8.07. The second-order valence-corrected chi connectivity index (χ2v) is 10.7. The lowest BCUT2D eigenvalue weighted by atomic mass is 10.1. The Balaban J connectivity index is 0.959. The number of hydrogen-bond acceptors (Lipinski definition) is 4. The number of aromatic nitrogens is 2. The number of rotatable bonds is 6. The van der Waals surface area contributed by atoms with E-state index in [1.54, 1.807) is 0 Å². The summed E-state index contributed by atoms with van der Waals surface area (Å²) in [6, 6.07) is 38.5. The van der Waals surface area contributed by atoms with Crippen LogP contribution in [0.15, 0.2) is 122 Å². The van der Waals surface area contributed by atoms with Gasteiger partial charge in [0.2, 0.25) is 0 Å². The van der Waals surface area contributed by atoms with Gasteiger partial charge >= 0.3 is 0 Å². The molecular weight excluding hydrogens is 512 g/mol. The van der Waals surface area contributed by atoms with Crippen LogP contribution in [0.25, 0.3) is 46.1 Å². The Labute approximate surface area is 246 Å². The summed E-state index contributed by atoms with van der Waals surface area (Å²) in [5, 5.41) is 2.35. The van der Waals surface area contributed by atoms with Crippen molar-refractivity contribution in [2.24, 2.45) is 0 Å². The molecule has 1 fully saturated rings. The van der Waals surface area contributed by atoms with Crippen LogP contribution in [0, 0.1) is 0 Å². The molecule has 6 aromatic rings. The van der Waals surface area contributed by atoms with Crippen LogP contribution < -0.4 is 9.80 Å². The molecule has 0 amide bonds. The van der Waals surface area contributed by atoms with Crippen LogP contribution in [0.5, 0.6) is 0 Å². The van der Waals surface area contributed by atoms with E-state index >= 15 is 0 Å². The first-order valence-corrected chi connectivity index (χ1v) is 14.5. The van der Waals surface area contributed by atoms with Gasteiger partial charge in [0.15, 0.2) is 0 Å². The monoisotopic (exact) mass is 544 g/mol. The molecule has 1 aliphatic heterocycles. The molecule has 0 saturated carbocycles. The number of anilines is 2. The lowest BCUT2D eigenvalue weighted by Gasteiger charge is -2.37. The predicted molar refractivity (Wildman–Crippen MR) is 179 cm³/mol. The third-order valence-electron chi connectivity index (χ3n) is 8.07. The molecule has 7 rings (SSSR count). The average molecular weight is 545 g/mol. The Morgan fingerprint density at radius 1 is 0.429 bits per heavy atom. The van der Waals surface area contributed by atoms with Crippen LogP contribution in [0.1, 0.15) is 22.3 Å². The molecule has 0 bridgehead atoms. The zero-order valence-corrected chi connectivity index (χ0v) is 23.5. The van der Waals surface area contributed by atoms with Gasteiger partial charge in [0.1, 0.15) is 0 Å². The summed E-state index contributed by atoms with van der Waals surface area (Å²) in [4.78, 5) is 13.9. The maximum absolute atomic E-state index is 4.47. The lowest BCUT2D eigenvalue weighted by molar-refractivity contribution is 0.653. The highest BCUT2D eigenvalue weighted by Gasteiger charge is 2.17. The minimum Gasteiger partial charge on any atom is -0.368 e. The van der Waals surface area contributed by atoms with E-state index in [-0.39, 0.29) is 0 Å². The molecule has 204 valence electrons. The van der Waals surface area contributed by atoms with Crippen LogP contribution in [0.4, 0.5) is 11.4 Å². The van der Waals surface area contributed by atoms with Crippen LogP contribution >= 0.6 is 0 Å². The van der Waals surface area contributed by atoms with Gasteiger partial charge in [-0.05, 0) is 70.8 Å². The lowest BCUT2D eigenvalue weighted by Crippen LogP contribution is -2.46. The van der Waals surface area contributed by atoms with Gasteiger partial charge in [-0.3, -0.25) is 9.97 Å². The van der Waals surface area contributed by atoms with Crippen molar-refractivity contribution in [2.45, 2.75) is 0 Å². The molecular formula is C38H32N4. The minimum absolute atomic E-state index is 1.01. The third kappa shape index (κ3) is 5.52. The summed E-state index contributed by atoms with van der Waals surface area (Å²) in [7, 11) is 0. The van der Waals surface area contributed by atoms with Crippen LogP contribution in [0.3, 0.4) is 0 Å². The Morgan fingerprint density at radius 2 is 0.833 bits per heavy atom. The molecule has 3 heterocycles. The van der Waals surface area contributed by atoms with Gasteiger partial charge in [-0.2, -0.15) is 0 Å². The summed E-state index contributed by atoms with van der Waals surface area (Å²) in [6.07, 6.45) is 12.5. The second-order valence-electron chi connectivity index (χ2n) is 10.7. The van der Waals surface area contributed by atoms with Crippen molar-refractivity contribution in [2.75, 3.05) is 36.0 Å². The topological polar surface area (TPSA) is 32.3 Å². The second kappa shape index (κ2) is 11.7. The number of piperazine rings is 1. The molecule has 4 heteroatoms. The summed E-state index contributed by atoms with van der Waals surface area (Å²) in [6.45, 7) is 4.04.